The highest BCUT2D eigenvalue weighted by Crippen LogP contribution is 2.12. The molecule has 1 rings (SSSR count). The van der Waals surface area contributed by atoms with Crippen molar-refractivity contribution in [2.24, 2.45) is 5.73 Å². The first-order valence-corrected chi connectivity index (χ1v) is 5.00. The molecule has 8 heteroatoms. The summed E-state index contributed by atoms with van der Waals surface area (Å²) in [5.41, 5.74) is 4.37. The third-order valence-corrected chi connectivity index (χ3v) is 2.18. The number of carboxylic acids is 2. The Bertz CT molecular complexity index is 566. The Hall–Kier alpha value is -2.90. The molecule has 19 heavy (non-hydrogen) atoms. The summed E-state index contributed by atoms with van der Waals surface area (Å²) in [5, 5.41) is 19.2. The van der Waals surface area contributed by atoms with Gasteiger partial charge in [0.05, 0.1) is 16.7 Å². The van der Waals surface area contributed by atoms with Crippen molar-refractivity contribution in [2.75, 3.05) is 6.54 Å². The molecule has 2 amide bonds. The molecule has 0 saturated heterocycles. The number of hydrogen-bond acceptors (Lipinski definition) is 4. The summed E-state index contributed by atoms with van der Waals surface area (Å²) < 4.78 is 0. The fraction of sp³-hybridized carbons (Fsp3) is 0.0909. The number of nitrogens with two attached hydrogens (primary N) is 1. The number of carboxylic acid groups (broad SMARTS) is 2. The van der Waals surface area contributed by atoms with E-state index in [4.69, 9.17) is 15.9 Å². The average molecular weight is 266 g/mol. The zero-order chi connectivity index (χ0) is 14.6. The molecule has 0 fully saturated rings. The zero-order valence-electron chi connectivity index (χ0n) is 9.54. The molecule has 1 aromatic rings. The highest BCUT2D eigenvalue weighted by molar-refractivity contribution is 6.08. The molecule has 100 valence electrons. The Labute approximate surface area is 106 Å². The zero-order valence-corrected chi connectivity index (χ0v) is 9.54. The van der Waals surface area contributed by atoms with Crippen LogP contribution in [0.2, 0.25) is 0 Å². The molecule has 0 aliphatic heterocycles. The summed E-state index contributed by atoms with van der Waals surface area (Å²) in [5.74, 6) is -4.34. The second-order valence-corrected chi connectivity index (χ2v) is 3.51. The normalized spacial score (nSPS) is 9.68. The molecule has 0 unspecified atom stereocenters. The van der Waals surface area contributed by atoms with Gasteiger partial charge in [0.25, 0.3) is 5.91 Å². The molecule has 1 aromatic carbocycles. The number of primary amides is 1. The van der Waals surface area contributed by atoms with Gasteiger partial charge in [-0.05, 0) is 18.2 Å². The number of benzene rings is 1. The molecule has 0 spiro atoms. The first-order chi connectivity index (χ1) is 8.82. The molecule has 0 atom stereocenters. The van der Waals surface area contributed by atoms with E-state index in [-0.39, 0.29) is 16.7 Å². The largest absolute Gasteiger partial charge is 0.480 e. The van der Waals surface area contributed by atoms with Gasteiger partial charge in [-0.25, -0.2) is 4.79 Å². The summed E-state index contributed by atoms with van der Waals surface area (Å²) in [4.78, 5) is 43.9. The summed E-state index contributed by atoms with van der Waals surface area (Å²) in [6.07, 6.45) is 0. The van der Waals surface area contributed by atoms with Gasteiger partial charge in [-0.3, -0.25) is 14.4 Å². The second kappa shape index (κ2) is 5.63. The minimum atomic E-state index is -1.28. The lowest BCUT2D eigenvalue weighted by Crippen LogP contribution is -2.31. The molecule has 0 saturated carbocycles. The van der Waals surface area contributed by atoms with Crippen LogP contribution in [0.5, 0.6) is 0 Å². The van der Waals surface area contributed by atoms with Gasteiger partial charge in [0.1, 0.15) is 6.54 Å². The van der Waals surface area contributed by atoms with Gasteiger partial charge in [0, 0.05) is 0 Å². The topological polar surface area (TPSA) is 147 Å². The van der Waals surface area contributed by atoms with Crippen LogP contribution in [0.1, 0.15) is 31.1 Å². The fourth-order valence-electron chi connectivity index (χ4n) is 1.33. The maximum absolute atomic E-state index is 11.6. The number of aromatic carboxylic acids is 1. The first kappa shape index (κ1) is 14.2. The van der Waals surface area contributed by atoms with Crippen LogP contribution in [0.25, 0.3) is 0 Å². The van der Waals surface area contributed by atoms with Crippen LogP contribution in [0.3, 0.4) is 0 Å². The minimum Gasteiger partial charge on any atom is -0.480 e. The van der Waals surface area contributed by atoms with Crippen LogP contribution in [0, 0.1) is 0 Å². The molecule has 8 nitrogen and oxygen atoms in total. The molecule has 0 aliphatic carbocycles. The van der Waals surface area contributed by atoms with E-state index in [9.17, 15) is 19.2 Å². The second-order valence-electron chi connectivity index (χ2n) is 3.51. The van der Waals surface area contributed by atoms with E-state index in [1.54, 1.807) is 0 Å². The molecule has 0 bridgehead atoms. The highest BCUT2D eigenvalue weighted by Gasteiger charge is 2.18. The number of amides is 2. The Morgan fingerprint density at radius 3 is 2.21 bits per heavy atom. The Morgan fingerprint density at radius 2 is 1.74 bits per heavy atom. The first-order valence-electron chi connectivity index (χ1n) is 5.00. The number of hydrogen-bond donors (Lipinski definition) is 4. The van der Waals surface area contributed by atoms with E-state index in [1.807, 2.05) is 5.32 Å². The number of carbonyl (C=O) groups is 4. The van der Waals surface area contributed by atoms with Gasteiger partial charge >= 0.3 is 11.9 Å². The van der Waals surface area contributed by atoms with E-state index in [1.165, 1.54) is 0 Å². The van der Waals surface area contributed by atoms with Crippen molar-refractivity contribution in [1.29, 1.82) is 0 Å². The molecule has 5 N–H and O–H groups in total. The standard InChI is InChI=1S/C11H10N2O6/c12-9(16)7-3-5(11(18)19)1-2-6(7)10(17)13-4-8(14)15/h1-3H,4H2,(H2,12,16)(H,13,17)(H,14,15)(H,18,19). The molecule has 0 radical (unpaired) electrons. The van der Waals surface area contributed by atoms with Crippen molar-refractivity contribution in [1.82, 2.24) is 5.32 Å². The van der Waals surface area contributed by atoms with Gasteiger partial charge in [0.15, 0.2) is 0 Å². The maximum atomic E-state index is 11.6. The lowest BCUT2D eigenvalue weighted by molar-refractivity contribution is -0.135. The van der Waals surface area contributed by atoms with Gasteiger partial charge in [-0.2, -0.15) is 0 Å². The van der Waals surface area contributed by atoms with E-state index in [2.05, 4.69) is 0 Å². The summed E-state index contributed by atoms with van der Waals surface area (Å²) >= 11 is 0. The fourth-order valence-corrected chi connectivity index (χ4v) is 1.33. The summed E-state index contributed by atoms with van der Waals surface area (Å²) in [6.45, 7) is -0.627. The van der Waals surface area contributed by atoms with Crippen LogP contribution >= 0.6 is 0 Å². The predicted octanol–water partition coefficient (Wildman–Crippen LogP) is -0.702. The van der Waals surface area contributed by atoms with Crippen LogP contribution in [0.15, 0.2) is 18.2 Å². The van der Waals surface area contributed by atoms with Gasteiger partial charge < -0.3 is 21.3 Å². The number of carbonyl (C=O) groups excluding carboxylic acids is 2. The molecule has 0 heterocycles. The predicted molar refractivity (Wildman–Crippen MR) is 61.9 cm³/mol. The number of nitrogens with one attached hydrogen (secondary N) is 1. The third kappa shape index (κ3) is 3.53. The summed E-state index contributed by atoms with van der Waals surface area (Å²) in [7, 11) is 0. The smallest absolute Gasteiger partial charge is 0.335 e. The van der Waals surface area contributed by atoms with Crippen molar-refractivity contribution in [3.63, 3.8) is 0 Å². The molecule has 0 aliphatic rings. The van der Waals surface area contributed by atoms with Gasteiger partial charge in [0.2, 0.25) is 5.91 Å². The monoisotopic (exact) mass is 266 g/mol. The van der Waals surface area contributed by atoms with Crippen molar-refractivity contribution in [2.45, 2.75) is 0 Å². The number of aliphatic carboxylic acids is 1. The van der Waals surface area contributed by atoms with E-state index >= 15 is 0 Å². The molecular weight excluding hydrogens is 256 g/mol. The average Bonchev–Trinajstić information content (AvgIpc) is 2.34. The lowest BCUT2D eigenvalue weighted by atomic mass is 10.0. The Balaban J connectivity index is 3.13. The van der Waals surface area contributed by atoms with E-state index in [0.717, 1.165) is 18.2 Å². The van der Waals surface area contributed by atoms with Crippen molar-refractivity contribution in [3.05, 3.63) is 34.9 Å². The van der Waals surface area contributed by atoms with Crippen molar-refractivity contribution >= 4 is 23.8 Å². The maximum Gasteiger partial charge on any atom is 0.335 e. The van der Waals surface area contributed by atoms with Crippen LogP contribution in [-0.4, -0.2) is 40.5 Å². The quantitative estimate of drug-likeness (QED) is 0.554. The number of rotatable bonds is 5. The van der Waals surface area contributed by atoms with E-state index < -0.39 is 30.3 Å². The van der Waals surface area contributed by atoms with E-state index in [0.29, 0.717) is 0 Å². The molecular formula is C11H10N2O6. The van der Waals surface area contributed by atoms with Gasteiger partial charge in [-0.15, -0.1) is 0 Å². The van der Waals surface area contributed by atoms with Gasteiger partial charge in [-0.1, -0.05) is 0 Å². The highest BCUT2D eigenvalue weighted by atomic mass is 16.4. The molecule has 0 aromatic heterocycles. The van der Waals surface area contributed by atoms with Crippen molar-refractivity contribution in [3.8, 4) is 0 Å². The minimum absolute atomic E-state index is 0.182. The Morgan fingerprint density at radius 1 is 1.11 bits per heavy atom. The van der Waals surface area contributed by atoms with Crippen LogP contribution in [0.4, 0.5) is 0 Å². The lowest BCUT2D eigenvalue weighted by Gasteiger charge is -2.07. The van der Waals surface area contributed by atoms with Crippen molar-refractivity contribution < 1.29 is 29.4 Å². The summed E-state index contributed by atoms with van der Waals surface area (Å²) in [6, 6.07) is 3.17. The third-order valence-electron chi connectivity index (χ3n) is 2.18. The Kier molecular flexibility index (Phi) is 4.19. The SMILES string of the molecule is NC(=O)c1cc(C(=O)O)ccc1C(=O)NCC(=O)O. The van der Waals surface area contributed by atoms with Crippen LogP contribution in [-0.2, 0) is 4.79 Å². The van der Waals surface area contributed by atoms with Crippen LogP contribution < -0.4 is 11.1 Å².